The predicted molar refractivity (Wildman–Crippen MR) is 105 cm³/mol. The van der Waals surface area contributed by atoms with E-state index in [9.17, 15) is 9.90 Å². The molecule has 2 nitrogen and oxygen atoms in total. The number of rotatable bonds is 3. The summed E-state index contributed by atoms with van der Waals surface area (Å²) in [5.74, 6) is 4.64. The number of aliphatic hydroxyl groups is 1. The van der Waals surface area contributed by atoms with Gasteiger partial charge in [-0.2, -0.15) is 11.8 Å². The molecule has 3 fully saturated rings. The van der Waals surface area contributed by atoms with Gasteiger partial charge in [-0.05, 0) is 79.3 Å². The Balaban J connectivity index is 1.68. The molecule has 3 heteroatoms. The number of aliphatic hydroxyl groups excluding tert-OH is 1. The van der Waals surface area contributed by atoms with E-state index in [0.29, 0.717) is 11.7 Å². The molecule has 0 bridgehead atoms. The summed E-state index contributed by atoms with van der Waals surface area (Å²) in [6.07, 6.45) is 8.75. The molecule has 0 heterocycles. The van der Waals surface area contributed by atoms with E-state index >= 15 is 0 Å². The number of Topliss-reactive ketones (excluding diaryl/α,β-unsaturated/α-hetero) is 1. The molecule has 1 N–H and O–H groups in total. The summed E-state index contributed by atoms with van der Waals surface area (Å²) in [5.41, 5.74) is 3.13. The molecule has 4 rings (SSSR count). The van der Waals surface area contributed by atoms with Crippen LogP contribution in [0.15, 0.2) is 11.1 Å². The number of hydrogen-bond donors (Lipinski definition) is 1. The lowest BCUT2D eigenvalue weighted by Crippen LogP contribution is -2.51. The van der Waals surface area contributed by atoms with Crippen molar-refractivity contribution in [1.29, 1.82) is 0 Å². The summed E-state index contributed by atoms with van der Waals surface area (Å²) in [5, 5.41) is 10.6. The van der Waals surface area contributed by atoms with Gasteiger partial charge in [-0.15, -0.1) is 0 Å². The summed E-state index contributed by atoms with van der Waals surface area (Å²) in [4.78, 5) is 12.6. The molecule has 4 aliphatic carbocycles. The van der Waals surface area contributed by atoms with E-state index in [-0.39, 0.29) is 16.9 Å². The van der Waals surface area contributed by atoms with Crippen molar-refractivity contribution >= 4 is 17.5 Å². The normalized spacial score (nSPS) is 46.6. The number of carbonyl (C=O) groups excluding carboxylic acids is 1. The number of allylic oxidation sites excluding steroid dienone is 1. The molecule has 0 aliphatic heterocycles. The Morgan fingerprint density at radius 1 is 1.08 bits per heavy atom. The molecule has 0 radical (unpaired) electrons. The van der Waals surface area contributed by atoms with Crippen molar-refractivity contribution in [2.24, 2.45) is 28.6 Å². The van der Waals surface area contributed by atoms with E-state index in [1.807, 2.05) is 11.8 Å². The first-order valence-corrected chi connectivity index (χ1v) is 11.6. The third-order valence-corrected chi connectivity index (χ3v) is 9.55. The summed E-state index contributed by atoms with van der Waals surface area (Å²) in [6, 6.07) is 0. The molecule has 0 aromatic heterocycles. The quantitative estimate of drug-likeness (QED) is 0.767. The summed E-state index contributed by atoms with van der Waals surface area (Å²) in [7, 11) is 0. The van der Waals surface area contributed by atoms with Crippen molar-refractivity contribution < 1.29 is 9.90 Å². The molecule has 3 saturated carbocycles. The molecule has 140 valence electrons. The SMILES string of the molecule is CCSCC1=C2CC[C@H]3[C@@H]4CC[C@H](O)[C@@]4(C)CC[C@@H]3[C@@]2(C)CCC1=O. The number of carbonyl (C=O) groups is 1. The minimum atomic E-state index is -0.0901. The largest absolute Gasteiger partial charge is 0.393 e. The highest BCUT2D eigenvalue weighted by molar-refractivity contribution is 7.99. The number of fused-ring (bicyclic) bond motifs is 5. The second kappa shape index (κ2) is 6.41. The minimum Gasteiger partial charge on any atom is -0.393 e. The molecular formula is C22H34O2S. The van der Waals surface area contributed by atoms with Crippen LogP contribution in [0.4, 0.5) is 0 Å². The number of ketones is 1. The molecule has 6 atom stereocenters. The van der Waals surface area contributed by atoms with Crippen molar-refractivity contribution in [1.82, 2.24) is 0 Å². The Kier molecular flexibility index (Phi) is 4.64. The Labute approximate surface area is 157 Å². The van der Waals surface area contributed by atoms with Crippen LogP contribution < -0.4 is 0 Å². The maximum absolute atomic E-state index is 12.6. The first-order valence-electron chi connectivity index (χ1n) is 10.4. The lowest BCUT2D eigenvalue weighted by atomic mass is 9.47. The van der Waals surface area contributed by atoms with Gasteiger partial charge in [0.2, 0.25) is 0 Å². The number of hydrogen-bond acceptors (Lipinski definition) is 3. The topological polar surface area (TPSA) is 37.3 Å². The van der Waals surface area contributed by atoms with Crippen molar-refractivity contribution in [2.75, 3.05) is 11.5 Å². The average Bonchev–Trinajstić information content (AvgIpc) is 2.90. The fourth-order valence-electron chi connectivity index (χ4n) is 7.17. The van der Waals surface area contributed by atoms with Crippen LogP contribution in [0.1, 0.15) is 72.1 Å². The van der Waals surface area contributed by atoms with Gasteiger partial charge >= 0.3 is 0 Å². The van der Waals surface area contributed by atoms with Crippen LogP contribution in [0.5, 0.6) is 0 Å². The van der Waals surface area contributed by atoms with Crippen LogP contribution >= 0.6 is 11.8 Å². The van der Waals surface area contributed by atoms with Crippen LogP contribution in [0.25, 0.3) is 0 Å². The summed E-state index contributed by atoms with van der Waals surface area (Å²) < 4.78 is 0. The van der Waals surface area contributed by atoms with Gasteiger partial charge in [0.1, 0.15) is 0 Å². The highest BCUT2D eigenvalue weighted by Crippen LogP contribution is 2.65. The fraction of sp³-hybridized carbons (Fsp3) is 0.864. The van der Waals surface area contributed by atoms with E-state index in [4.69, 9.17) is 0 Å². The van der Waals surface area contributed by atoms with Crippen LogP contribution in [0, 0.1) is 28.6 Å². The van der Waals surface area contributed by atoms with Gasteiger partial charge in [0.05, 0.1) is 6.10 Å². The molecular weight excluding hydrogens is 328 g/mol. The molecule has 0 saturated heterocycles. The molecule has 0 aromatic carbocycles. The van der Waals surface area contributed by atoms with Crippen LogP contribution in [-0.4, -0.2) is 28.5 Å². The van der Waals surface area contributed by atoms with Crippen molar-refractivity contribution in [3.63, 3.8) is 0 Å². The van der Waals surface area contributed by atoms with Crippen molar-refractivity contribution in [3.8, 4) is 0 Å². The first-order chi connectivity index (χ1) is 11.9. The Morgan fingerprint density at radius 3 is 2.64 bits per heavy atom. The molecule has 0 amide bonds. The van der Waals surface area contributed by atoms with Gasteiger partial charge in [0, 0.05) is 17.7 Å². The lowest BCUT2D eigenvalue weighted by molar-refractivity contribution is -0.119. The highest BCUT2D eigenvalue weighted by atomic mass is 32.2. The summed E-state index contributed by atoms with van der Waals surface area (Å²) >= 11 is 1.91. The number of thioether (sulfide) groups is 1. The Hall–Kier alpha value is -0.280. The third-order valence-electron chi connectivity index (χ3n) is 8.65. The standard InChI is InChI=1S/C22H34O2S/c1-4-25-13-15-17-6-5-14-16-7-8-20(24)22(16,3)11-9-18(14)21(17,2)12-10-19(15)23/h14,16,18,20,24H,4-13H2,1-3H3/t14-,16-,18-,20-,21-,22-/m0/s1. The summed E-state index contributed by atoms with van der Waals surface area (Å²) in [6.45, 7) is 7.02. The van der Waals surface area contributed by atoms with Crippen molar-refractivity contribution in [3.05, 3.63) is 11.1 Å². The smallest absolute Gasteiger partial charge is 0.159 e. The zero-order valence-corrected chi connectivity index (χ0v) is 17.0. The molecule has 4 aliphatic rings. The van der Waals surface area contributed by atoms with Gasteiger partial charge in [-0.1, -0.05) is 26.3 Å². The van der Waals surface area contributed by atoms with E-state index in [1.54, 1.807) is 0 Å². The minimum absolute atomic E-state index is 0.0901. The van der Waals surface area contributed by atoms with Crippen LogP contribution in [-0.2, 0) is 4.79 Å². The fourth-order valence-corrected chi connectivity index (χ4v) is 7.91. The second-order valence-corrected chi connectivity index (χ2v) is 10.8. The lowest BCUT2D eigenvalue weighted by Gasteiger charge is -2.58. The Morgan fingerprint density at radius 2 is 1.88 bits per heavy atom. The van der Waals surface area contributed by atoms with E-state index in [1.165, 1.54) is 36.8 Å². The van der Waals surface area contributed by atoms with Gasteiger partial charge in [0.25, 0.3) is 0 Å². The van der Waals surface area contributed by atoms with Crippen LogP contribution in [0.2, 0.25) is 0 Å². The maximum Gasteiger partial charge on any atom is 0.159 e. The van der Waals surface area contributed by atoms with Gasteiger partial charge in [-0.25, -0.2) is 0 Å². The third kappa shape index (κ3) is 2.59. The zero-order chi connectivity index (χ0) is 17.8. The molecule has 25 heavy (non-hydrogen) atoms. The molecule has 0 aromatic rings. The van der Waals surface area contributed by atoms with E-state index in [2.05, 4.69) is 20.8 Å². The maximum atomic E-state index is 12.6. The monoisotopic (exact) mass is 362 g/mol. The zero-order valence-electron chi connectivity index (χ0n) is 16.1. The molecule has 0 spiro atoms. The van der Waals surface area contributed by atoms with E-state index in [0.717, 1.165) is 49.0 Å². The molecule has 0 unspecified atom stereocenters. The van der Waals surface area contributed by atoms with Crippen molar-refractivity contribution in [2.45, 2.75) is 78.2 Å². The van der Waals surface area contributed by atoms with Gasteiger partial charge in [0.15, 0.2) is 5.78 Å². The predicted octanol–water partition coefficient (Wildman–Crippen LogP) is 5.00. The highest BCUT2D eigenvalue weighted by Gasteiger charge is 2.59. The van der Waals surface area contributed by atoms with Crippen LogP contribution in [0.3, 0.4) is 0 Å². The van der Waals surface area contributed by atoms with E-state index < -0.39 is 0 Å². The Bertz CT molecular complexity index is 597. The average molecular weight is 363 g/mol. The van der Waals surface area contributed by atoms with Gasteiger partial charge < -0.3 is 5.11 Å². The second-order valence-electron chi connectivity index (χ2n) is 9.49. The van der Waals surface area contributed by atoms with Gasteiger partial charge in [-0.3, -0.25) is 4.79 Å². The first kappa shape index (κ1) is 18.1.